The monoisotopic (exact) mass is 195 g/mol. The van der Waals surface area contributed by atoms with E-state index in [9.17, 15) is 0 Å². The Morgan fingerprint density at radius 2 is 1.93 bits per heavy atom. The third-order valence-electron chi connectivity index (χ3n) is 1.78. The Labute approximate surface area is 87.2 Å². The van der Waals surface area contributed by atoms with Crippen LogP contribution < -0.4 is 0 Å². The molecule has 3 heteroatoms. The number of hydrogen-bond donors (Lipinski definition) is 0. The van der Waals surface area contributed by atoms with Crippen LogP contribution in [0.15, 0.2) is 10.2 Å². The average molecular weight is 195 g/mol. The highest BCUT2D eigenvalue weighted by Crippen LogP contribution is 2.24. The van der Waals surface area contributed by atoms with E-state index in [0.717, 1.165) is 13.0 Å². The van der Waals surface area contributed by atoms with Gasteiger partial charge in [-0.15, -0.1) is 0 Å². The summed E-state index contributed by atoms with van der Waals surface area (Å²) in [6.07, 6.45) is 1.63. The second-order valence-corrected chi connectivity index (χ2v) is 4.97. The third-order valence-corrected chi connectivity index (χ3v) is 1.78. The lowest BCUT2D eigenvalue weighted by molar-refractivity contribution is 0.309. The molecule has 0 saturated heterocycles. The van der Waals surface area contributed by atoms with Gasteiger partial charge in [0, 0.05) is 0 Å². The Kier molecular flexibility index (Phi) is 6.11. The minimum absolute atomic E-state index is 0.363. The first-order chi connectivity index (χ1) is 6.45. The van der Waals surface area contributed by atoms with Crippen molar-refractivity contribution in [1.29, 1.82) is 5.26 Å². The molecule has 0 aromatic heterocycles. The van der Waals surface area contributed by atoms with Gasteiger partial charge in [0.1, 0.15) is 0 Å². The van der Waals surface area contributed by atoms with Crippen molar-refractivity contribution in [2.24, 2.45) is 21.6 Å². The minimum Gasteiger partial charge on any atom is -0.198 e. The second-order valence-electron chi connectivity index (χ2n) is 4.97. The first kappa shape index (κ1) is 13.1. The molecule has 0 bridgehead atoms. The largest absolute Gasteiger partial charge is 0.198 e. The van der Waals surface area contributed by atoms with Crippen molar-refractivity contribution in [3.8, 4) is 6.07 Å². The minimum atomic E-state index is 0.363. The van der Waals surface area contributed by atoms with Gasteiger partial charge in [-0.2, -0.15) is 15.5 Å². The van der Waals surface area contributed by atoms with Crippen molar-refractivity contribution in [1.82, 2.24) is 0 Å². The maximum absolute atomic E-state index is 8.28. The van der Waals surface area contributed by atoms with Crippen LogP contribution in [0.4, 0.5) is 0 Å². The number of nitriles is 1. The zero-order chi connectivity index (χ0) is 11.0. The van der Waals surface area contributed by atoms with Gasteiger partial charge in [-0.25, -0.2) is 0 Å². The van der Waals surface area contributed by atoms with E-state index in [0.29, 0.717) is 24.3 Å². The van der Waals surface area contributed by atoms with Crippen molar-refractivity contribution in [2.75, 3.05) is 13.1 Å². The zero-order valence-electron chi connectivity index (χ0n) is 9.75. The van der Waals surface area contributed by atoms with Crippen LogP contribution in [0.2, 0.25) is 0 Å². The molecule has 14 heavy (non-hydrogen) atoms. The van der Waals surface area contributed by atoms with Crippen molar-refractivity contribution in [3.05, 3.63) is 0 Å². The van der Waals surface area contributed by atoms with Crippen molar-refractivity contribution in [3.63, 3.8) is 0 Å². The molecule has 0 aliphatic carbocycles. The summed E-state index contributed by atoms with van der Waals surface area (Å²) in [5, 5.41) is 16.3. The SMILES string of the molecule is CC(CN=NCCC#N)CC(C)(C)C. The van der Waals surface area contributed by atoms with E-state index in [1.807, 2.05) is 6.07 Å². The molecule has 1 atom stereocenters. The van der Waals surface area contributed by atoms with Gasteiger partial charge in [0.15, 0.2) is 0 Å². The molecule has 0 aromatic rings. The van der Waals surface area contributed by atoms with E-state index in [2.05, 4.69) is 37.9 Å². The number of nitrogens with zero attached hydrogens (tertiary/aromatic N) is 3. The number of azo groups is 1. The Bertz CT molecular complexity index is 208. The zero-order valence-corrected chi connectivity index (χ0v) is 9.75. The van der Waals surface area contributed by atoms with Gasteiger partial charge in [-0.05, 0) is 17.8 Å². The Balaban J connectivity index is 3.59. The van der Waals surface area contributed by atoms with Gasteiger partial charge in [-0.3, -0.25) is 0 Å². The first-order valence-corrected chi connectivity index (χ1v) is 5.16. The van der Waals surface area contributed by atoms with Crippen LogP contribution in [0.1, 0.15) is 40.5 Å². The Morgan fingerprint density at radius 3 is 2.43 bits per heavy atom. The molecule has 0 aliphatic heterocycles. The lowest BCUT2D eigenvalue weighted by atomic mass is 9.85. The van der Waals surface area contributed by atoms with Gasteiger partial charge in [0.05, 0.1) is 25.6 Å². The van der Waals surface area contributed by atoms with Gasteiger partial charge in [-0.1, -0.05) is 27.7 Å². The van der Waals surface area contributed by atoms with Crippen LogP contribution in [0.25, 0.3) is 0 Å². The van der Waals surface area contributed by atoms with Crippen LogP contribution in [0.5, 0.6) is 0 Å². The fourth-order valence-corrected chi connectivity index (χ4v) is 1.48. The van der Waals surface area contributed by atoms with Crippen LogP contribution in [-0.4, -0.2) is 13.1 Å². The smallest absolute Gasteiger partial charge is 0.0728 e. The molecule has 0 aliphatic rings. The summed E-state index contributed by atoms with van der Waals surface area (Å²) in [6, 6.07) is 2.04. The molecule has 0 heterocycles. The maximum Gasteiger partial charge on any atom is 0.0728 e. The van der Waals surface area contributed by atoms with E-state index in [1.165, 1.54) is 0 Å². The fourth-order valence-electron chi connectivity index (χ4n) is 1.48. The van der Waals surface area contributed by atoms with E-state index < -0.39 is 0 Å². The number of rotatable bonds is 5. The van der Waals surface area contributed by atoms with Crippen molar-refractivity contribution >= 4 is 0 Å². The quantitative estimate of drug-likeness (QED) is 0.489. The van der Waals surface area contributed by atoms with Gasteiger partial charge in [0.2, 0.25) is 0 Å². The molecule has 0 saturated carbocycles. The molecule has 0 amide bonds. The fraction of sp³-hybridized carbons (Fsp3) is 0.909. The van der Waals surface area contributed by atoms with Crippen molar-refractivity contribution in [2.45, 2.75) is 40.5 Å². The standard InChI is InChI=1S/C11H21N3/c1-10(8-11(2,3)4)9-14-13-7-5-6-12/h10H,5,7-9H2,1-4H3. The Morgan fingerprint density at radius 1 is 1.29 bits per heavy atom. The molecule has 0 rings (SSSR count). The van der Waals surface area contributed by atoms with E-state index in [-0.39, 0.29) is 0 Å². The molecule has 3 nitrogen and oxygen atoms in total. The second kappa shape index (κ2) is 6.53. The number of hydrogen-bond acceptors (Lipinski definition) is 3. The van der Waals surface area contributed by atoms with E-state index in [4.69, 9.17) is 5.26 Å². The summed E-state index contributed by atoms with van der Waals surface area (Å²) in [5.74, 6) is 0.570. The van der Waals surface area contributed by atoms with Crippen LogP contribution in [0, 0.1) is 22.7 Å². The molecule has 1 unspecified atom stereocenters. The lowest BCUT2D eigenvalue weighted by Gasteiger charge is -2.21. The van der Waals surface area contributed by atoms with Crippen LogP contribution in [-0.2, 0) is 0 Å². The molecular formula is C11H21N3. The highest BCUT2D eigenvalue weighted by molar-refractivity contribution is 4.70. The topological polar surface area (TPSA) is 48.5 Å². The van der Waals surface area contributed by atoms with Crippen LogP contribution in [0.3, 0.4) is 0 Å². The molecule has 0 aromatic carbocycles. The first-order valence-electron chi connectivity index (χ1n) is 5.16. The lowest BCUT2D eigenvalue weighted by Crippen LogP contribution is -2.12. The maximum atomic E-state index is 8.28. The Hall–Kier alpha value is -0.910. The highest BCUT2D eigenvalue weighted by Gasteiger charge is 2.14. The summed E-state index contributed by atoms with van der Waals surface area (Å²) in [7, 11) is 0. The van der Waals surface area contributed by atoms with E-state index in [1.54, 1.807) is 0 Å². The third kappa shape index (κ3) is 9.18. The summed E-state index contributed by atoms with van der Waals surface area (Å²) in [4.78, 5) is 0. The van der Waals surface area contributed by atoms with Gasteiger partial charge in [0.25, 0.3) is 0 Å². The molecule has 0 spiro atoms. The molecule has 0 radical (unpaired) electrons. The predicted octanol–water partition coefficient (Wildman–Crippen LogP) is 3.42. The summed E-state index contributed by atoms with van der Waals surface area (Å²) >= 11 is 0. The van der Waals surface area contributed by atoms with Gasteiger partial charge < -0.3 is 0 Å². The van der Waals surface area contributed by atoms with Crippen LogP contribution >= 0.6 is 0 Å². The predicted molar refractivity (Wildman–Crippen MR) is 58.1 cm³/mol. The molecule has 0 fully saturated rings. The molecule has 80 valence electrons. The van der Waals surface area contributed by atoms with Crippen molar-refractivity contribution < 1.29 is 0 Å². The summed E-state index contributed by atoms with van der Waals surface area (Å²) in [6.45, 7) is 10.2. The van der Waals surface area contributed by atoms with Gasteiger partial charge >= 0.3 is 0 Å². The molecule has 0 N–H and O–H groups in total. The summed E-state index contributed by atoms with van der Waals surface area (Å²) < 4.78 is 0. The average Bonchev–Trinajstić information content (AvgIpc) is 2.00. The molecular weight excluding hydrogens is 174 g/mol. The summed E-state index contributed by atoms with van der Waals surface area (Å²) in [5.41, 5.74) is 0.363. The van der Waals surface area contributed by atoms with E-state index >= 15 is 0 Å². The normalized spacial score (nSPS) is 14.2. The highest BCUT2D eigenvalue weighted by atomic mass is 15.1.